The Morgan fingerprint density at radius 3 is 3.04 bits per heavy atom. The van der Waals surface area contributed by atoms with E-state index in [1.807, 2.05) is 13.0 Å². The van der Waals surface area contributed by atoms with Crippen LogP contribution in [0.25, 0.3) is 10.2 Å². The standard InChI is InChI=1S/C16H16FN7OS/c1-9-4-11-15(25)21-13(22-16(11)26-9)8-24-7-10(14(17)23-24)5-18-6-12-19-2-3-20-12/h2-4,7,18H,5-6,8H2,1H3,(H,19,20)(H,21,22,25). The lowest BCUT2D eigenvalue weighted by molar-refractivity contribution is 0.523. The van der Waals surface area contributed by atoms with Crippen LogP contribution in [0.2, 0.25) is 0 Å². The highest BCUT2D eigenvalue weighted by atomic mass is 32.1. The van der Waals surface area contributed by atoms with Crippen molar-refractivity contribution in [3.63, 3.8) is 0 Å². The molecule has 0 aliphatic rings. The maximum atomic E-state index is 14.0. The number of aryl methyl sites for hydroxylation is 1. The molecule has 0 aliphatic heterocycles. The number of aromatic nitrogens is 6. The van der Waals surface area contributed by atoms with E-state index >= 15 is 0 Å². The molecule has 0 bridgehead atoms. The van der Waals surface area contributed by atoms with Crippen molar-refractivity contribution in [2.75, 3.05) is 0 Å². The molecule has 0 radical (unpaired) electrons. The second-order valence-corrected chi connectivity index (χ2v) is 7.11. The Hall–Kier alpha value is -2.85. The van der Waals surface area contributed by atoms with Crippen LogP contribution in [0.3, 0.4) is 0 Å². The van der Waals surface area contributed by atoms with E-state index in [0.29, 0.717) is 34.7 Å². The molecule has 0 fully saturated rings. The van der Waals surface area contributed by atoms with E-state index in [-0.39, 0.29) is 12.1 Å². The van der Waals surface area contributed by atoms with E-state index in [1.54, 1.807) is 18.6 Å². The predicted molar refractivity (Wildman–Crippen MR) is 95.4 cm³/mol. The lowest BCUT2D eigenvalue weighted by Gasteiger charge is -2.01. The Bertz CT molecular complexity index is 1100. The summed E-state index contributed by atoms with van der Waals surface area (Å²) >= 11 is 1.46. The zero-order valence-corrected chi connectivity index (χ0v) is 14.7. The minimum Gasteiger partial charge on any atom is -0.348 e. The number of H-pyrrole nitrogens is 2. The Morgan fingerprint density at radius 2 is 2.23 bits per heavy atom. The van der Waals surface area contributed by atoms with Gasteiger partial charge in [-0.2, -0.15) is 4.39 Å². The third-order valence-electron chi connectivity index (χ3n) is 3.84. The number of rotatable bonds is 6. The molecule has 8 nitrogen and oxygen atoms in total. The quantitative estimate of drug-likeness (QED) is 0.477. The fraction of sp³-hybridized carbons (Fsp3) is 0.250. The lowest BCUT2D eigenvalue weighted by atomic mass is 10.3. The van der Waals surface area contributed by atoms with Crippen molar-refractivity contribution in [3.8, 4) is 0 Å². The van der Waals surface area contributed by atoms with Gasteiger partial charge in [-0.15, -0.1) is 16.4 Å². The summed E-state index contributed by atoms with van der Waals surface area (Å²) in [6.07, 6.45) is 5.00. The van der Waals surface area contributed by atoms with Crippen LogP contribution >= 0.6 is 11.3 Å². The van der Waals surface area contributed by atoms with Crippen LogP contribution in [-0.2, 0) is 19.6 Å². The van der Waals surface area contributed by atoms with Gasteiger partial charge >= 0.3 is 0 Å². The summed E-state index contributed by atoms with van der Waals surface area (Å²) in [5.74, 6) is 0.674. The number of hydrogen-bond acceptors (Lipinski definition) is 6. The van der Waals surface area contributed by atoms with Crippen molar-refractivity contribution >= 4 is 21.6 Å². The van der Waals surface area contributed by atoms with Crippen molar-refractivity contribution in [2.24, 2.45) is 0 Å². The Morgan fingerprint density at radius 1 is 1.35 bits per heavy atom. The number of fused-ring (bicyclic) bond motifs is 1. The largest absolute Gasteiger partial charge is 0.348 e. The molecule has 4 heterocycles. The average Bonchev–Trinajstić information content (AvgIpc) is 3.29. The van der Waals surface area contributed by atoms with Crippen molar-refractivity contribution in [1.29, 1.82) is 0 Å². The van der Waals surface area contributed by atoms with Gasteiger partial charge in [0.05, 0.1) is 18.5 Å². The molecular formula is C16H16FN7OS. The fourth-order valence-electron chi connectivity index (χ4n) is 2.67. The van der Waals surface area contributed by atoms with E-state index in [9.17, 15) is 9.18 Å². The minimum absolute atomic E-state index is 0.192. The first-order chi connectivity index (χ1) is 12.6. The molecule has 3 N–H and O–H groups in total. The van der Waals surface area contributed by atoms with Gasteiger partial charge in [0.15, 0.2) is 0 Å². The highest BCUT2D eigenvalue weighted by molar-refractivity contribution is 7.18. The molecule has 0 aliphatic carbocycles. The van der Waals surface area contributed by atoms with Gasteiger partial charge in [0.25, 0.3) is 5.56 Å². The Balaban J connectivity index is 1.47. The van der Waals surface area contributed by atoms with E-state index in [1.165, 1.54) is 16.0 Å². The number of imidazole rings is 1. The highest BCUT2D eigenvalue weighted by Crippen LogP contribution is 2.19. The summed E-state index contributed by atoms with van der Waals surface area (Å²) in [6.45, 7) is 2.94. The zero-order chi connectivity index (χ0) is 18.1. The van der Waals surface area contributed by atoms with Crippen LogP contribution < -0.4 is 10.9 Å². The number of nitrogens with zero attached hydrogens (tertiary/aromatic N) is 4. The van der Waals surface area contributed by atoms with E-state index in [2.05, 4.69) is 30.4 Å². The van der Waals surface area contributed by atoms with Crippen LogP contribution in [0.1, 0.15) is 22.1 Å². The molecule has 134 valence electrons. The van der Waals surface area contributed by atoms with Crippen molar-refractivity contribution in [2.45, 2.75) is 26.6 Å². The average molecular weight is 373 g/mol. The molecule has 4 aromatic rings. The third-order valence-corrected chi connectivity index (χ3v) is 4.78. The van der Waals surface area contributed by atoms with Gasteiger partial charge < -0.3 is 15.3 Å². The number of halogens is 1. The van der Waals surface area contributed by atoms with Crippen LogP contribution in [0.4, 0.5) is 4.39 Å². The first-order valence-electron chi connectivity index (χ1n) is 7.98. The Kier molecular flexibility index (Phi) is 4.35. The van der Waals surface area contributed by atoms with Crippen LogP contribution in [0.5, 0.6) is 0 Å². The normalized spacial score (nSPS) is 11.5. The smallest absolute Gasteiger partial charge is 0.259 e. The number of hydrogen-bond donors (Lipinski definition) is 3. The maximum Gasteiger partial charge on any atom is 0.259 e. The number of thiophene rings is 1. The summed E-state index contributed by atoms with van der Waals surface area (Å²) < 4.78 is 15.5. The van der Waals surface area contributed by atoms with Crippen LogP contribution in [0, 0.1) is 12.9 Å². The Labute approximate surface area is 151 Å². The molecule has 0 amide bonds. The maximum absolute atomic E-state index is 14.0. The molecule has 26 heavy (non-hydrogen) atoms. The van der Waals surface area contributed by atoms with Crippen molar-refractivity contribution in [3.05, 3.63) is 63.0 Å². The van der Waals surface area contributed by atoms with Gasteiger partial charge in [-0.05, 0) is 13.0 Å². The van der Waals surface area contributed by atoms with E-state index in [0.717, 1.165) is 10.7 Å². The predicted octanol–water partition coefficient (Wildman–Crippen LogP) is 1.69. The highest BCUT2D eigenvalue weighted by Gasteiger charge is 2.11. The topological polar surface area (TPSA) is 104 Å². The molecule has 0 saturated carbocycles. The monoisotopic (exact) mass is 373 g/mol. The molecule has 4 aromatic heterocycles. The first kappa shape index (κ1) is 16.6. The van der Waals surface area contributed by atoms with Crippen molar-refractivity contribution < 1.29 is 4.39 Å². The van der Waals surface area contributed by atoms with Gasteiger partial charge in [-0.3, -0.25) is 9.48 Å². The minimum atomic E-state index is -0.549. The molecule has 0 atom stereocenters. The van der Waals surface area contributed by atoms with Crippen LogP contribution in [-0.4, -0.2) is 29.7 Å². The summed E-state index contributed by atoms with van der Waals surface area (Å²) in [5, 5.41) is 7.54. The zero-order valence-electron chi connectivity index (χ0n) is 13.9. The molecule has 4 rings (SSSR count). The molecule has 10 heteroatoms. The van der Waals surface area contributed by atoms with Crippen LogP contribution in [0.15, 0.2) is 29.5 Å². The first-order valence-corrected chi connectivity index (χ1v) is 8.80. The second kappa shape index (κ2) is 6.81. The summed E-state index contributed by atoms with van der Waals surface area (Å²) in [6, 6.07) is 1.81. The summed E-state index contributed by atoms with van der Waals surface area (Å²) in [4.78, 5) is 28.0. The van der Waals surface area contributed by atoms with Gasteiger partial charge in [-0.1, -0.05) is 0 Å². The van der Waals surface area contributed by atoms with Gasteiger partial charge in [0.2, 0.25) is 5.95 Å². The van der Waals surface area contributed by atoms with Crippen molar-refractivity contribution in [1.82, 2.24) is 35.0 Å². The fourth-order valence-corrected chi connectivity index (χ4v) is 3.57. The number of nitrogens with one attached hydrogen (secondary N) is 3. The molecule has 0 saturated heterocycles. The third kappa shape index (κ3) is 3.41. The second-order valence-electron chi connectivity index (χ2n) is 5.87. The summed E-state index contributed by atoms with van der Waals surface area (Å²) in [7, 11) is 0. The number of aromatic amines is 2. The lowest BCUT2D eigenvalue weighted by Crippen LogP contribution is -2.14. The molecule has 0 spiro atoms. The van der Waals surface area contributed by atoms with Gasteiger partial charge in [-0.25, -0.2) is 9.97 Å². The SMILES string of the molecule is Cc1cc2c(=O)[nH]c(Cn3cc(CNCc4ncc[nH]4)c(F)n3)nc2s1. The van der Waals surface area contributed by atoms with E-state index in [4.69, 9.17) is 0 Å². The molecule has 0 unspecified atom stereocenters. The molecular weight excluding hydrogens is 357 g/mol. The van der Waals surface area contributed by atoms with E-state index < -0.39 is 5.95 Å². The molecule has 0 aromatic carbocycles. The summed E-state index contributed by atoms with van der Waals surface area (Å²) in [5.41, 5.74) is 0.245. The van der Waals surface area contributed by atoms with Gasteiger partial charge in [0, 0.05) is 35.6 Å². The van der Waals surface area contributed by atoms with Gasteiger partial charge in [0.1, 0.15) is 16.5 Å².